The van der Waals surface area contributed by atoms with E-state index < -0.39 is 10.0 Å². The summed E-state index contributed by atoms with van der Waals surface area (Å²) >= 11 is 0. The summed E-state index contributed by atoms with van der Waals surface area (Å²) in [6.07, 6.45) is 1.92. The minimum atomic E-state index is -3.16. The molecule has 0 aromatic heterocycles. The lowest BCUT2D eigenvalue weighted by atomic mass is 9.99. The SMILES string of the molecule is CCS(=O)(=O)NCCNC(=O)C1CCCNC1.Cl. The fraction of sp³-hybridized carbons (Fsp3) is 0.900. The van der Waals surface area contributed by atoms with Crippen LogP contribution >= 0.6 is 12.4 Å². The topological polar surface area (TPSA) is 87.3 Å². The first-order valence-corrected chi connectivity index (χ1v) is 7.66. The van der Waals surface area contributed by atoms with E-state index in [0.29, 0.717) is 13.1 Å². The van der Waals surface area contributed by atoms with Crippen molar-refractivity contribution in [3.63, 3.8) is 0 Å². The van der Waals surface area contributed by atoms with E-state index in [9.17, 15) is 13.2 Å². The van der Waals surface area contributed by atoms with Crippen LogP contribution in [0.4, 0.5) is 0 Å². The molecule has 3 N–H and O–H groups in total. The first-order chi connectivity index (χ1) is 8.05. The van der Waals surface area contributed by atoms with E-state index >= 15 is 0 Å². The summed E-state index contributed by atoms with van der Waals surface area (Å²) in [5.41, 5.74) is 0. The summed E-state index contributed by atoms with van der Waals surface area (Å²) in [6.45, 7) is 3.86. The molecule has 1 rings (SSSR count). The van der Waals surface area contributed by atoms with Crippen LogP contribution in [0.3, 0.4) is 0 Å². The van der Waals surface area contributed by atoms with Crippen LogP contribution in [0, 0.1) is 5.92 Å². The van der Waals surface area contributed by atoms with Gasteiger partial charge in [0.1, 0.15) is 0 Å². The lowest BCUT2D eigenvalue weighted by Gasteiger charge is -2.21. The molecule has 1 aliphatic heterocycles. The number of hydrogen-bond acceptors (Lipinski definition) is 4. The number of piperidine rings is 1. The van der Waals surface area contributed by atoms with E-state index in [-0.39, 0.29) is 36.5 Å². The Bertz CT molecular complexity index is 342. The van der Waals surface area contributed by atoms with Crippen molar-refractivity contribution in [2.24, 2.45) is 5.92 Å². The lowest BCUT2D eigenvalue weighted by molar-refractivity contribution is -0.125. The maximum atomic E-state index is 11.7. The fourth-order valence-corrected chi connectivity index (χ4v) is 2.33. The Morgan fingerprint density at radius 2 is 2.11 bits per heavy atom. The number of halogens is 1. The van der Waals surface area contributed by atoms with E-state index in [1.807, 2.05) is 0 Å². The molecule has 0 aromatic carbocycles. The Morgan fingerprint density at radius 3 is 2.67 bits per heavy atom. The molecule has 0 bridgehead atoms. The zero-order valence-electron chi connectivity index (χ0n) is 10.6. The van der Waals surface area contributed by atoms with Crippen molar-refractivity contribution in [3.05, 3.63) is 0 Å². The number of carbonyl (C=O) groups excluding carboxylic acids is 1. The molecule has 1 unspecified atom stereocenters. The molecule has 18 heavy (non-hydrogen) atoms. The van der Waals surface area contributed by atoms with Crippen LogP contribution in [0.2, 0.25) is 0 Å². The van der Waals surface area contributed by atoms with Gasteiger partial charge in [0.15, 0.2) is 0 Å². The third-order valence-electron chi connectivity index (χ3n) is 2.79. The summed E-state index contributed by atoms with van der Waals surface area (Å²) in [7, 11) is -3.16. The van der Waals surface area contributed by atoms with Crippen LogP contribution in [-0.2, 0) is 14.8 Å². The average molecular weight is 300 g/mol. The maximum absolute atomic E-state index is 11.7. The molecule has 1 saturated heterocycles. The van der Waals surface area contributed by atoms with Crippen molar-refractivity contribution in [1.29, 1.82) is 0 Å². The van der Waals surface area contributed by atoms with Crippen molar-refractivity contribution in [2.45, 2.75) is 19.8 Å². The molecule has 0 saturated carbocycles. The number of rotatable bonds is 6. The minimum absolute atomic E-state index is 0. The number of carbonyl (C=O) groups is 1. The Hall–Kier alpha value is -0.370. The van der Waals surface area contributed by atoms with Gasteiger partial charge in [0, 0.05) is 19.6 Å². The maximum Gasteiger partial charge on any atom is 0.224 e. The molecule has 108 valence electrons. The zero-order chi connectivity index (χ0) is 12.7. The highest BCUT2D eigenvalue weighted by atomic mass is 35.5. The molecule has 0 spiro atoms. The van der Waals surface area contributed by atoms with Crippen LogP contribution < -0.4 is 15.4 Å². The van der Waals surface area contributed by atoms with E-state index in [1.165, 1.54) is 0 Å². The molecule has 1 fully saturated rings. The van der Waals surface area contributed by atoms with Gasteiger partial charge in [-0.3, -0.25) is 4.79 Å². The normalized spacial score (nSPS) is 19.9. The third-order valence-corrected chi connectivity index (χ3v) is 4.20. The molecule has 1 heterocycles. The van der Waals surface area contributed by atoms with E-state index in [1.54, 1.807) is 6.92 Å². The molecule has 6 nitrogen and oxygen atoms in total. The van der Waals surface area contributed by atoms with E-state index in [2.05, 4.69) is 15.4 Å². The van der Waals surface area contributed by atoms with Gasteiger partial charge in [0.05, 0.1) is 11.7 Å². The third kappa shape index (κ3) is 6.53. The van der Waals surface area contributed by atoms with Gasteiger partial charge in [-0.05, 0) is 26.3 Å². The van der Waals surface area contributed by atoms with Crippen molar-refractivity contribution < 1.29 is 13.2 Å². The Morgan fingerprint density at radius 1 is 1.39 bits per heavy atom. The molecule has 1 aliphatic rings. The molecule has 0 aromatic rings. The number of sulfonamides is 1. The first-order valence-electron chi connectivity index (χ1n) is 6.01. The summed E-state index contributed by atoms with van der Waals surface area (Å²) in [4.78, 5) is 11.7. The predicted octanol–water partition coefficient (Wildman–Crippen LogP) is -0.537. The Labute approximate surface area is 115 Å². The van der Waals surface area contributed by atoms with Gasteiger partial charge in [-0.25, -0.2) is 13.1 Å². The number of amides is 1. The van der Waals surface area contributed by atoms with Crippen LogP contribution in [0.5, 0.6) is 0 Å². The molecular weight excluding hydrogens is 278 g/mol. The van der Waals surface area contributed by atoms with Gasteiger partial charge < -0.3 is 10.6 Å². The van der Waals surface area contributed by atoms with Crippen LogP contribution in [0.25, 0.3) is 0 Å². The summed E-state index contributed by atoms with van der Waals surface area (Å²) < 4.78 is 24.6. The Balaban J connectivity index is 0.00000289. The molecule has 0 radical (unpaired) electrons. The summed E-state index contributed by atoms with van der Waals surface area (Å²) in [6, 6.07) is 0. The molecule has 1 atom stereocenters. The molecule has 0 aliphatic carbocycles. The molecular formula is C10H22ClN3O3S. The van der Waals surface area contributed by atoms with Gasteiger partial charge in [0.25, 0.3) is 0 Å². The van der Waals surface area contributed by atoms with E-state index in [4.69, 9.17) is 0 Å². The van der Waals surface area contributed by atoms with Crippen molar-refractivity contribution in [2.75, 3.05) is 31.9 Å². The molecule has 8 heteroatoms. The van der Waals surface area contributed by atoms with Crippen molar-refractivity contribution >= 4 is 28.3 Å². The van der Waals surface area contributed by atoms with Crippen LogP contribution in [0.15, 0.2) is 0 Å². The zero-order valence-corrected chi connectivity index (χ0v) is 12.2. The monoisotopic (exact) mass is 299 g/mol. The predicted molar refractivity (Wildman–Crippen MR) is 73.3 cm³/mol. The fourth-order valence-electron chi connectivity index (χ4n) is 1.71. The lowest BCUT2D eigenvalue weighted by Crippen LogP contribution is -2.43. The second kappa shape index (κ2) is 8.68. The van der Waals surface area contributed by atoms with Gasteiger partial charge >= 0.3 is 0 Å². The van der Waals surface area contributed by atoms with Gasteiger partial charge in [-0.2, -0.15) is 0 Å². The van der Waals surface area contributed by atoms with Crippen molar-refractivity contribution in [1.82, 2.24) is 15.4 Å². The minimum Gasteiger partial charge on any atom is -0.355 e. The standard InChI is InChI=1S/C10H21N3O3S.ClH/c1-2-17(15,16)13-7-6-12-10(14)9-4-3-5-11-8-9;/h9,11,13H,2-8H2,1H3,(H,12,14);1H. The van der Waals surface area contributed by atoms with Crippen molar-refractivity contribution in [3.8, 4) is 0 Å². The summed E-state index contributed by atoms with van der Waals surface area (Å²) in [5.74, 6) is 0.0902. The smallest absolute Gasteiger partial charge is 0.224 e. The Kier molecular flexibility index (Phi) is 8.51. The quantitative estimate of drug-likeness (QED) is 0.575. The van der Waals surface area contributed by atoms with Crippen LogP contribution in [-0.4, -0.2) is 46.3 Å². The molecule has 1 amide bonds. The highest BCUT2D eigenvalue weighted by molar-refractivity contribution is 7.89. The average Bonchev–Trinajstić information content (AvgIpc) is 2.35. The van der Waals surface area contributed by atoms with Gasteiger partial charge in [-0.1, -0.05) is 0 Å². The van der Waals surface area contributed by atoms with E-state index in [0.717, 1.165) is 19.4 Å². The first kappa shape index (κ1) is 17.6. The number of hydrogen-bond donors (Lipinski definition) is 3. The van der Waals surface area contributed by atoms with Gasteiger partial charge in [0.2, 0.25) is 15.9 Å². The highest BCUT2D eigenvalue weighted by Crippen LogP contribution is 2.09. The number of nitrogens with one attached hydrogen (secondary N) is 3. The van der Waals surface area contributed by atoms with Gasteiger partial charge in [-0.15, -0.1) is 12.4 Å². The second-order valence-corrected chi connectivity index (χ2v) is 6.23. The summed E-state index contributed by atoms with van der Waals surface area (Å²) in [5, 5.41) is 5.91. The largest absolute Gasteiger partial charge is 0.355 e. The second-order valence-electron chi connectivity index (χ2n) is 4.13. The highest BCUT2D eigenvalue weighted by Gasteiger charge is 2.20. The van der Waals surface area contributed by atoms with Crippen LogP contribution in [0.1, 0.15) is 19.8 Å².